The first-order valence-corrected chi connectivity index (χ1v) is 6.80. The second-order valence-electron chi connectivity index (χ2n) is 4.73. The van der Waals surface area contributed by atoms with Crippen molar-refractivity contribution in [1.29, 1.82) is 0 Å². The van der Waals surface area contributed by atoms with Crippen LogP contribution in [0.4, 0.5) is 0 Å². The fourth-order valence-electron chi connectivity index (χ4n) is 2.34. The minimum atomic E-state index is 0. The van der Waals surface area contributed by atoms with Crippen molar-refractivity contribution in [2.75, 3.05) is 19.6 Å². The first kappa shape index (κ1) is 16.1. The van der Waals surface area contributed by atoms with Crippen LogP contribution in [0.15, 0.2) is 18.2 Å². The summed E-state index contributed by atoms with van der Waals surface area (Å²) in [5.74, 6) is 0.703. The van der Waals surface area contributed by atoms with E-state index in [1.54, 1.807) is 6.07 Å². The zero-order chi connectivity index (χ0) is 12.3. The summed E-state index contributed by atoms with van der Waals surface area (Å²) in [4.78, 5) is 2.44. The molecule has 1 aliphatic heterocycles. The van der Waals surface area contributed by atoms with E-state index in [0.717, 1.165) is 26.2 Å². The van der Waals surface area contributed by atoms with E-state index in [9.17, 15) is 0 Å². The van der Waals surface area contributed by atoms with Crippen LogP contribution in [0.5, 0.6) is 0 Å². The van der Waals surface area contributed by atoms with E-state index >= 15 is 0 Å². The number of halogens is 3. The molecule has 2 nitrogen and oxygen atoms in total. The molecule has 1 aromatic rings. The van der Waals surface area contributed by atoms with Crippen LogP contribution in [-0.2, 0) is 6.54 Å². The molecule has 0 saturated carbocycles. The molecule has 0 radical (unpaired) electrons. The maximum absolute atomic E-state index is 5.99. The normalized spacial score (nSPS) is 17.5. The second-order valence-corrected chi connectivity index (χ2v) is 5.61. The molecular weight excluding hydrogens is 291 g/mol. The summed E-state index contributed by atoms with van der Waals surface area (Å²) in [6, 6.07) is 5.75. The lowest BCUT2D eigenvalue weighted by Gasteiger charge is -2.31. The van der Waals surface area contributed by atoms with Gasteiger partial charge in [0.25, 0.3) is 0 Å². The molecule has 2 rings (SSSR count). The Bertz CT molecular complexity index is 356. The van der Waals surface area contributed by atoms with Crippen LogP contribution in [0, 0.1) is 5.92 Å². The van der Waals surface area contributed by atoms with Crippen molar-refractivity contribution in [3.8, 4) is 0 Å². The number of benzene rings is 1. The van der Waals surface area contributed by atoms with Crippen molar-refractivity contribution < 1.29 is 0 Å². The van der Waals surface area contributed by atoms with Gasteiger partial charge in [-0.15, -0.1) is 12.4 Å². The lowest BCUT2D eigenvalue weighted by Crippen LogP contribution is -2.35. The Kier molecular flexibility index (Phi) is 6.75. The molecule has 1 saturated heterocycles. The molecule has 102 valence electrons. The van der Waals surface area contributed by atoms with Gasteiger partial charge in [-0.3, -0.25) is 4.90 Å². The van der Waals surface area contributed by atoms with E-state index in [1.165, 1.54) is 18.4 Å². The molecule has 5 heteroatoms. The minimum Gasteiger partial charge on any atom is -0.330 e. The third-order valence-corrected chi connectivity index (χ3v) is 3.81. The van der Waals surface area contributed by atoms with Crippen LogP contribution in [-0.4, -0.2) is 24.5 Å². The Morgan fingerprint density at radius 3 is 2.17 bits per heavy atom. The summed E-state index contributed by atoms with van der Waals surface area (Å²) >= 11 is 12.0. The maximum atomic E-state index is 5.99. The summed E-state index contributed by atoms with van der Waals surface area (Å²) in [5, 5.41) is 1.42. The van der Waals surface area contributed by atoms with Gasteiger partial charge in [-0.05, 0) is 62.2 Å². The highest BCUT2D eigenvalue weighted by Crippen LogP contribution is 2.22. The predicted molar refractivity (Wildman–Crippen MR) is 80.8 cm³/mol. The first-order chi connectivity index (χ1) is 8.17. The van der Waals surface area contributed by atoms with E-state index in [2.05, 4.69) is 4.90 Å². The van der Waals surface area contributed by atoms with Gasteiger partial charge in [0.1, 0.15) is 0 Å². The number of likely N-dealkylation sites (tertiary alicyclic amines) is 1. The first-order valence-electron chi connectivity index (χ1n) is 6.05. The standard InChI is InChI=1S/C13H18Cl2N2.ClH/c14-12-5-11(6-13(15)7-12)9-17-3-1-10(8-16)2-4-17;/h5-7,10H,1-4,8-9,16H2;1H. The summed E-state index contributed by atoms with van der Waals surface area (Å²) in [6.45, 7) is 3.98. The van der Waals surface area contributed by atoms with Gasteiger partial charge < -0.3 is 5.73 Å². The number of nitrogens with zero attached hydrogens (tertiary/aromatic N) is 1. The molecule has 0 aliphatic carbocycles. The lowest BCUT2D eigenvalue weighted by atomic mass is 9.97. The van der Waals surface area contributed by atoms with Crippen LogP contribution in [0.2, 0.25) is 10.0 Å². The average molecular weight is 310 g/mol. The molecule has 1 aliphatic rings. The summed E-state index contributed by atoms with van der Waals surface area (Å²) in [7, 11) is 0. The van der Waals surface area contributed by atoms with Crippen molar-refractivity contribution in [1.82, 2.24) is 4.90 Å². The molecule has 0 spiro atoms. The fraction of sp³-hybridized carbons (Fsp3) is 0.538. The highest BCUT2D eigenvalue weighted by Gasteiger charge is 2.18. The highest BCUT2D eigenvalue weighted by atomic mass is 35.5. The SMILES string of the molecule is Cl.NCC1CCN(Cc2cc(Cl)cc(Cl)c2)CC1. The molecule has 1 aromatic carbocycles. The molecule has 0 atom stereocenters. The lowest BCUT2D eigenvalue weighted by molar-refractivity contribution is 0.180. The Hall–Kier alpha value is 0.01000. The van der Waals surface area contributed by atoms with Crippen molar-refractivity contribution in [3.63, 3.8) is 0 Å². The van der Waals surface area contributed by atoms with Crippen molar-refractivity contribution >= 4 is 35.6 Å². The van der Waals surface area contributed by atoms with E-state index in [1.807, 2.05) is 12.1 Å². The van der Waals surface area contributed by atoms with Gasteiger partial charge in [-0.25, -0.2) is 0 Å². The van der Waals surface area contributed by atoms with Crippen LogP contribution in [0.1, 0.15) is 18.4 Å². The third-order valence-electron chi connectivity index (χ3n) is 3.37. The Morgan fingerprint density at radius 1 is 1.11 bits per heavy atom. The number of hydrogen-bond acceptors (Lipinski definition) is 2. The topological polar surface area (TPSA) is 29.3 Å². The summed E-state index contributed by atoms with van der Waals surface area (Å²) in [5.41, 5.74) is 6.88. The largest absolute Gasteiger partial charge is 0.330 e. The highest BCUT2D eigenvalue weighted by molar-refractivity contribution is 6.34. The van der Waals surface area contributed by atoms with Crippen LogP contribution < -0.4 is 5.73 Å². The maximum Gasteiger partial charge on any atom is 0.0424 e. The van der Waals surface area contributed by atoms with Gasteiger partial charge in [0.05, 0.1) is 0 Å². The quantitative estimate of drug-likeness (QED) is 0.924. The smallest absolute Gasteiger partial charge is 0.0424 e. The molecule has 1 fully saturated rings. The Labute approximate surface area is 125 Å². The van der Waals surface area contributed by atoms with Crippen molar-refractivity contribution in [3.05, 3.63) is 33.8 Å². The van der Waals surface area contributed by atoms with Crippen LogP contribution >= 0.6 is 35.6 Å². The average Bonchev–Trinajstić information content (AvgIpc) is 2.28. The molecule has 1 heterocycles. The van der Waals surface area contributed by atoms with Gasteiger partial charge in [0, 0.05) is 16.6 Å². The van der Waals surface area contributed by atoms with Gasteiger partial charge in [-0.2, -0.15) is 0 Å². The minimum absolute atomic E-state index is 0. The van der Waals surface area contributed by atoms with Gasteiger partial charge in [-0.1, -0.05) is 23.2 Å². The monoisotopic (exact) mass is 308 g/mol. The van der Waals surface area contributed by atoms with Crippen molar-refractivity contribution in [2.24, 2.45) is 11.7 Å². The molecular formula is C13H19Cl3N2. The molecule has 0 amide bonds. The Morgan fingerprint density at radius 2 is 1.67 bits per heavy atom. The van der Waals surface area contributed by atoms with Crippen LogP contribution in [0.3, 0.4) is 0 Å². The third kappa shape index (κ3) is 4.60. The number of rotatable bonds is 3. The Balaban J connectivity index is 0.00000162. The van der Waals surface area contributed by atoms with Gasteiger partial charge in [0.2, 0.25) is 0 Å². The van der Waals surface area contributed by atoms with E-state index in [0.29, 0.717) is 16.0 Å². The van der Waals surface area contributed by atoms with E-state index < -0.39 is 0 Å². The fourth-order valence-corrected chi connectivity index (χ4v) is 2.91. The number of piperidine rings is 1. The van der Waals surface area contributed by atoms with E-state index in [4.69, 9.17) is 28.9 Å². The molecule has 0 unspecified atom stereocenters. The zero-order valence-electron chi connectivity index (χ0n) is 10.2. The molecule has 2 N–H and O–H groups in total. The molecule has 18 heavy (non-hydrogen) atoms. The number of nitrogens with two attached hydrogens (primary N) is 1. The number of hydrogen-bond donors (Lipinski definition) is 1. The molecule has 0 bridgehead atoms. The second kappa shape index (κ2) is 7.56. The molecule has 0 aromatic heterocycles. The summed E-state index contributed by atoms with van der Waals surface area (Å²) in [6.07, 6.45) is 2.40. The van der Waals surface area contributed by atoms with Gasteiger partial charge >= 0.3 is 0 Å². The van der Waals surface area contributed by atoms with Crippen LogP contribution in [0.25, 0.3) is 0 Å². The predicted octanol–water partition coefficient (Wildman–Crippen LogP) is 3.59. The van der Waals surface area contributed by atoms with E-state index in [-0.39, 0.29) is 12.4 Å². The van der Waals surface area contributed by atoms with Gasteiger partial charge in [0.15, 0.2) is 0 Å². The zero-order valence-corrected chi connectivity index (χ0v) is 12.6. The van der Waals surface area contributed by atoms with Crippen molar-refractivity contribution in [2.45, 2.75) is 19.4 Å². The summed E-state index contributed by atoms with van der Waals surface area (Å²) < 4.78 is 0.